The highest BCUT2D eigenvalue weighted by Gasteiger charge is 2.25. The first-order valence-corrected chi connectivity index (χ1v) is 8.83. The molecule has 1 heterocycles. The summed E-state index contributed by atoms with van der Waals surface area (Å²) in [4.78, 5) is 0. The summed E-state index contributed by atoms with van der Waals surface area (Å²) in [7, 11) is 0. The van der Waals surface area contributed by atoms with Crippen molar-refractivity contribution in [3.8, 4) is 0 Å². The lowest BCUT2D eigenvalue weighted by Crippen LogP contribution is -2.39. The van der Waals surface area contributed by atoms with Crippen LogP contribution >= 0.6 is 27.7 Å². The zero-order valence-electron chi connectivity index (χ0n) is 11.3. The van der Waals surface area contributed by atoms with Gasteiger partial charge in [-0.2, -0.15) is 11.8 Å². The highest BCUT2D eigenvalue weighted by molar-refractivity contribution is 9.10. The van der Waals surface area contributed by atoms with E-state index in [0.717, 1.165) is 29.4 Å². The molecule has 0 aromatic heterocycles. The van der Waals surface area contributed by atoms with Crippen molar-refractivity contribution in [3.63, 3.8) is 0 Å². The maximum atomic E-state index is 13.4. The van der Waals surface area contributed by atoms with Gasteiger partial charge in [0.05, 0.1) is 0 Å². The van der Waals surface area contributed by atoms with Gasteiger partial charge in [-0.05, 0) is 61.7 Å². The molecule has 4 heteroatoms. The van der Waals surface area contributed by atoms with Gasteiger partial charge in [0.2, 0.25) is 0 Å². The molecule has 0 bridgehead atoms. The minimum Gasteiger partial charge on any atom is -0.313 e. The minimum atomic E-state index is -0.147. The van der Waals surface area contributed by atoms with Gasteiger partial charge in [0.25, 0.3) is 0 Å². The quantitative estimate of drug-likeness (QED) is 0.820. The van der Waals surface area contributed by atoms with Gasteiger partial charge in [0.15, 0.2) is 0 Å². The van der Waals surface area contributed by atoms with Crippen LogP contribution in [0.15, 0.2) is 22.7 Å². The fourth-order valence-electron chi connectivity index (χ4n) is 2.52. The number of halogens is 2. The summed E-state index contributed by atoms with van der Waals surface area (Å²) in [5.74, 6) is 1.12. The van der Waals surface area contributed by atoms with Crippen LogP contribution in [-0.2, 0) is 6.42 Å². The molecule has 1 aromatic carbocycles. The van der Waals surface area contributed by atoms with E-state index >= 15 is 0 Å². The van der Waals surface area contributed by atoms with Crippen molar-refractivity contribution in [1.82, 2.24) is 5.32 Å². The first-order valence-electron chi connectivity index (χ1n) is 6.99. The van der Waals surface area contributed by atoms with Gasteiger partial charge < -0.3 is 5.32 Å². The van der Waals surface area contributed by atoms with Crippen LogP contribution < -0.4 is 5.32 Å². The Morgan fingerprint density at radius 1 is 1.53 bits per heavy atom. The molecule has 0 spiro atoms. The molecule has 2 rings (SSSR count). The Labute approximate surface area is 127 Å². The molecule has 1 aliphatic heterocycles. The van der Waals surface area contributed by atoms with Crippen LogP contribution in [0.3, 0.4) is 0 Å². The van der Waals surface area contributed by atoms with E-state index in [2.05, 4.69) is 39.9 Å². The van der Waals surface area contributed by atoms with E-state index in [4.69, 9.17) is 0 Å². The normalized spacial score (nSPS) is 20.7. The number of hydrogen-bond acceptors (Lipinski definition) is 2. The van der Waals surface area contributed by atoms with Gasteiger partial charge in [0, 0.05) is 15.8 Å². The molecule has 1 fully saturated rings. The third kappa shape index (κ3) is 4.47. The Morgan fingerprint density at radius 3 is 3.05 bits per heavy atom. The van der Waals surface area contributed by atoms with E-state index in [9.17, 15) is 4.39 Å². The third-order valence-electron chi connectivity index (χ3n) is 3.52. The average molecular weight is 346 g/mol. The van der Waals surface area contributed by atoms with E-state index < -0.39 is 0 Å². The third-order valence-corrected chi connectivity index (χ3v) is 5.81. The molecule has 1 aliphatic rings. The lowest BCUT2D eigenvalue weighted by molar-refractivity contribution is 0.480. The molecule has 0 aliphatic carbocycles. The second kappa shape index (κ2) is 7.65. The van der Waals surface area contributed by atoms with Gasteiger partial charge in [-0.25, -0.2) is 4.39 Å². The number of benzene rings is 1. The average Bonchev–Trinajstić information content (AvgIpc) is 2.92. The molecule has 1 saturated heterocycles. The van der Waals surface area contributed by atoms with E-state index in [1.807, 2.05) is 6.07 Å². The summed E-state index contributed by atoms with van der Waals surface area (Å²) < 4.78 is 14.4. The summed E-state index contributed by atoms with van der Waals surface area (Å²) in [6.07, 6.45) is 4.62. The predicted molar refractivity (Wildman–Crippen MR) is 85.4 cm³/mol. The van der Waals surface area contributed by atoms with Gasteiger partial charge in [-0.15, -0.1) is 0 Å². The zero-order valence-corrected chi connectivity index (χ0v) is 13.7. The van der Waals surface area contributed by atoms with E-state index in [1.54, 1.807) is 6.07 Å². The standard InChI is InChI=1S/C15H21BrFNS/c1-2-7-18-14(15-4-3-8-19-15)10-11-9-12(17)5-6-13(11)16/h5-6,9,14-15,18H,2-4,7-8,10H2,1H3. The van der Waals surface area contributed by atoms with Crippen LogP contribution in [-0.4, -0.2) is 23.6 Å². The smallest absolute Gasteiger partial charge is 0.123 e. The second-order valence-electron chi connectivity index (χ2n) is 5.05. The van der Waals surface area contributed by atoms with Gasteiger partial charge in [0.1, 0.15) is 5.82 Å². The molecular weight excluding hydrogens is 325 g/mol. The number of hydrogen-bond donors (Lipinski definition) is 1. The molecule has 0 saturated carbocycles. The van der Waals surface area contributed by atoms with Crippen LogP contribution in [0.5, 0.6) is 0 Å². The molecule has 2 atom stereocenters. The largest absolute Gasteiger partial charge is 0.313 e. The van der Waals surface area contributed by atoms with Crippen LogP contribution in [0, 0.1) is 5.82 Å². The summed E-state index contributed by atoms with van der Waals surface area (Å²) in [6.45, 7) is 3.22. The molecule has 0 amide bonds. The number of rotatable bonds is 6. The Hall–Kier alpha value is -0.0600. The number of nitrogens with one attached hydrogen (secondary N) is 1. The summed E-state index contributed by atoms with van der Waals surface area (Å²) in [5, 5.41) is 4.31. The monoisotopic (exact) mass is 345 g/mol. The van der Waals surface area contributed by atoms with Gasteiger partial charge in [-0.1, -0.05) is 22.9 Å². The van der Waals surface area contributed by atoms with Crippen molar-refractivity contribution in [1.29, 1.82) is 0 Å². The van der Waals surface area contributed by atoms with Crippen LogP contribution in [0.25, 0.3) is 0 Å². The maximum Gasteiger partial charge on any atom is 0.123 e. The van der Waals surface area contributed by atoms with Crippen molar-refractivity contribution in [2.75, 3.05) is 12.3 Å². The molecule has 1 nitrogen and oxygen atoms in total. The van der Waals surface area contributed by atoms with Crippen molar-refractivity contribution in [3.05, 3.63) is 34.1 Å². The number of thioether (sulfide) groups is 1. The lowest BCUT2D eigenvalue weighted by Gasteiger charge is -2.24. The second-order valence-corrected chi connectivity index (χ2v) is 7.25. The molecule has 1 aromatic rings. The topological polar surface area (TPSA) is 12.0 Å². The first kappa shape index (κ1) is 15.3. The Morgan fingerprint density at radius 2 is 2.37 bits per heavy atom. The van der Waals surface area contributed by atoms with Crippen LogP contribution in [0.4, 0.5) is 4.39 Å². The molecule has 2 unspecified atom stereocenters. The van der Waals surface area contributed by atoms with E-state index in [1.165, 1.54) is 24.7 Å². The lowest BCUT2D eigenvalue weighted by atomic mass is 10.0. The first-order chi connectivity index (χ1) is 9.20. The van der Waals surface area contributed by atoms with Crippen molar-refractivity contribution >= 4 is 27.7 Å². The molecule has 19 heavy (non-hydrogen) atoms. The van der Waals surface area contributed by atoms with Gasteiger partial charge >= 0.3 is 0 Å². The maximum absolute atomic E-state index is 13.4. The summed E-state index contributed by atoms with van der Waals surface area (Å²) in [6, 6.07) is 5.42. The highest BCUT2D eigenvalue weighted by atomic mass is 79.9. The molecule has 106 valence electrons. The van der Waals surface area contributed by atoms with Crippen LogP contribution in [0.1, 0.15) is 31.7 Å². The molecule has 1 N–H and O–H groups in total. The van der Waals surface area contributed by atoms with Crippen molar-refractivity contribution in [2.45, 2.75) is 43.9 Å². The Kier molecular flexibility index (Phi) is 6.17. The summed E-state index contributed by atoms with van der Waals surface area (Å²) >= 11 is 5.59. The Bertz CT molecular complexity index is 407. The molecule has 0 radical (unpaired) electrons. The Balaban J connectivity index is 2.07. The fourth-order valence-corrected chi connectivity index (χ4v) is 4.32. The summed E-state index contributed by atoms with van der Waals surface area (Å²) in [5.41, 5.74) is 1.07. The zero-order chi connectivity index (χ0) is 13.7. The van der Waals surface area contributed by atoms with E-state index in [-0.39, 0.29) is 5.82 Å². The van der Waals surface area contributed by atoms with Crippen molar-refractivity contribution in [2.24, 2.45) is 0 Å². The SMILES string of the molecule is CCCNC(Cc1cc(F)ccc1Br)C1CCCS1. The predicted octanol–water partition coefficient (Wildman–Crippen LogP) is 4.39. The van der Waals surface area contributed by atoms with Crippen LogP contribution in [0.2, 0.25) is 0 Å². The molecular formula is C15H21BrFNS. The highest BCUT2D eigenvalue weighted by Crippen LogP contribution is 2.31. The van der Waals surface area contributed by atoms with Gasteiger partial charge in [-0.3, -0.25) is 0 Å². The van der Waals surface area contributed by atoms with E-state index in [0.29, 0.717) is 11.3 Å². The van der Waals surface area contributed by atoms with Crippen molar-refractivity contribution < 1.29 is 4.39 Å². The minimum absolute atomic E-state index is 0.147. The fraction of sp³-hybridized carbons (Fsp3) is 0.600.